The summed E-state index contributed by atoms with van der Waals surface area (Å²) in [5, 5.41) is 12.0. The first-order chi connectivity index (χ1) is 16.1. The molecule has 174 valence electrons. The van der Waals surface area contributed by atoms with E-state index in [2.05, 4.69) is 34.6 Å². The maximum absolute atomic E-state index is 12.6. The van der Waals surface area contributed by atoms with Gasteiger partial charge in [0.15, 0.2) is 10.1 Å². The first-order valence-corrected chi connectivity index (χ1v) is 13.2. The maximum atomic E-state index is 12.6. The van der Waals surface area contributed by atoms with Gasteiger partial charge in [-0.1, -0.05) is 115 Å². The first kappa shape index (κ1) is 25.6. The van der Waals surface area contributed by atoms with Crippen LogP contribution in [0, 0.1) is 0 Å². The lowest BCUT2D eigenvalue weighted by Gasteiger charge is -2.11. The van der Waals surface area contributed by atoms with Crippen molar-refractivity contribution >= 4 is 63.4 Å². The predicted octanol–water partition coefficient (Wildman–Crippen LogP) is 7.86. The number of hydrogen-bond acceptors (Lipinski definition) is 6. The van der Waals surface area contributed by atoms with Crippen LogP contribution in [0.15, 0.2) is 52.9 Å². The van der Waals surface area contributed by atoms with E-state index in [-0.39, 0.29) is 5.91 Å². The Morgan fingerprint density at radius 3 is 2.61 bits per heavy atom. The molecule has 33 heavy (non-hydrogen) atoms. The lowest BCUT2D eigenvalue weighted by molar-refractivity contribution is 0.102. The van der Waals surface area contributed by atoms with Crippen molar-refractivity contribution in [2.75, 3.05) is 17.7 Å². The summed E-state index contributed by atoms with van der Waals surface area (Å²) in [7, 11) is 0. The van der Waals surface area contributed by atoms with Crippen LogP contribution in [0.3, 0.4) is 0 Å². The minimum atomic E-state index is -0.357. The molecule has 9 heteroatoms. The second kappa shape index (κ2) is 13.6. The molecule has 2 aromatic carbocycles. The Bertz CT molecular complexity index is 1050. The van der Waals surface area contributed by atoms with Crippen molar-refractivity contribution in [3.05, 3.63) is 69.7 Å². The number of rotatable bonds is 12. The highest BCUT2D eigenvalue weighted by molar-refractivity contribution is 8.01. The Labute approximate surface area is 212 Å². The molecule has 1 heterocycles. The van der Waals surface area contributed by atoms with Crippen molar-refractivity contribution in [3.63, 3.8) is 0 Å². The number of ether oxygens (including phenoxy) is 1. The zero-order valence-electron chi connectivity index (χ0n) is 18.2. The molecule has 0 bridgehead atoms. The third-order valence-corrected chi connectivity index (χ3v) is 7.03. The predicted molar refractivity (Wildman–Crippen MR) is 140 cm³/mol. The summed E-state index contributed by atoms with van der Waals surface area (Å²) in [6.45, 7) is 2.70. The molecule has 0 unspecified atom stereocenters. The Hall–Kier alpha value is -2.06. The molecule has 1 aromatic heterocycles. The third-order valence-electron chi connectivity index (χ3n) is 4.54. The van der Waals surface area contributed by atoms with Gasteiger partial charge in [-0.3, -0.25) is 10.1 Å². The van der Waals surface area contributed by atoms with Crippen molar-refractivity contribution in [1.82, 2.24) is 10.2 Å². The highest BCUT2D eigenvalue weighted by Crippen LogP contribution is 2.35. The number of carbonyl (C=O) groups is 1. The third kappa shape index (κ3) is 8.34. The normalized spacial score (nSPS) is 11.1. The Morgan fingerprint density at radius 2 is 1.88 bits per heavy atom. The van der Waals surface area contributed by atoms with Gasteiger partial charge in [0.25, 0.3) is 5.91 Å². The average Bonchev–Trinajstić information content (AvgIpc) is 3.25. The van der Waals surface area contributed by atoms with E-state index >= 15 is 0 Å². The van der Waals surface area contributed by atoms with Crippen LogP contribution in [0.25, 0.3) is 6.08 Å². The van der Waals surface area contributed by atoms with Crippen LogP contribution in [0.5, 0.6) is 5.75 Å². The van der Waals surface area contributed by atoms with E-state index < -0.39 is 0 Å². The number of nitrogens with zero attached hydrogens (tertiary/aromatic N) is 2. The lowest BCUT2D eigenvalue weighted by atomic mass is 10.2. The van der Waals surface area contributed by atoms with Gasteiger partial charge in [0.05, 0.1) is 16.7 Å². The van der Waals surface area contributed by atoms with Crippen LogP contribution < -0.4 is 10.1 Å². The molecule has 0 radical (unpaired) electrons. The van der Waals surface area contributed by atoms with E-state index in [0.29, 0.717) is 33.1 Å². The maximum Gasteiger partial charge on any atom is 0.257 e. The number of unbranched alkanes of at least 4 members (excludes halogenated alkanes) is 3. The number of halogens is 2. The number of carbonyl (C=O) groups excluding carboxylic acids is 1. The fraction of sp³-hybridized carbons (Fsp3) is 0.292. The summed E-state index contributed by atoms with van der Waals surface area (Å²) in [6.07, 6.45) is 8.48. The number of aromatic nitrogens is 2. The standard InChI is InChI=1S/C24H25Cl2N3O2S2/c1-2-3-4-8-13-31-21-19(25)15-18(16-20(21)26)22(30)27-23-28-29-24(33-23)32-14-9-12-17-10-6-5-7-11-17/h5-7,9-12,15-16H,2-4,8,13-14H2,1H3,(H,27,28,30)/b12-9+. The minimum absolute atomic E-state index is 0.307. The molecule has 0 spiro atoms. The monoisotopic (exact) mass is 521 g/mol. The quantitative estimate of drug-likeness (QED) is 0.149. The highest BCUT2D eigenvalue weighted by atomic mass is 35.5. The fourth-order valence-corrected chi connectivity index (χ4v) is 5.07. The van der Waals surface area contributed by atoms with E-state index in [0.717, 1.165) is 34.9 Å². The second-order valence-electron chi connectivity index (χ2n) is 7.13. The van der Waals surface area contributed by atoms with Crippen molar-refractivity contribution in [2.45, 2.75) is 36.9 Å². The summed E-state index contributed by atoms with van der Waals surface area (Å²) in [5.74, 6) is 0.803. The van der Waals surface area contributed by atoms with Gasteiger partial charge in [-0.2, -0.15) is 0 Å². The first-order valence-electron chi connectivity index (χ1n) is 10.7. The molecule has 3 rings (SSSR count). The van der Waals surface area contributed by atoms with Gasteiger partial charge in [0.1, 0.15) is 0 Å². The number of thioether (sulfide) groups is 1. The van der Waals surface area contributed by atoms with Gasteiger partial charge in [0.2, 0.25) is 5.13 Å². The summed E-state index contributed by atoms with van der Waals surface area (Å²) in [5.41, 5.74) is 1.48. The number of hydrogen-bond donors (Lipinski definition) is 1. The molecule has 0 aliphatic heterocycles. The van der Waals surface area contributed by atoms with Crippen LogP contribution in [0.4, 0.5) is 5.13 Å². The van der Waals surface area contributed by atoms with Gasteiger partial charge in [0, 0.05) is 11.3 Å². The zero-order valence-corrected chi connectivity index (χ0v) is 21.4. The van der Waals surface area contributed by atoms with Crippen LogP contribution in [-0.2, 0) is 0 Å². The molecule has 0 saturated heterocycles. The number of benzene rings is 2. The largest absolute Gasteiger partial charge is 0.490 e. The molecule has 0 aliphatic rings. The number of anilines is 1. The van der Waals surface area contributed by atoms with Gasteiger partial charge in [-0.25, -0.2) is 0 Å². The molecule has 0 saturated carbocycles. The lowest BCUT2D eigenvalue weighted by Crippen LogP contribution is -2.12. The fourth-order valence-electron chi connectivity index (χ4n) is 2.89. The highest BCUT2D eigenvalue weighted by Gasteiger charge is 2.16. The smallest absolute Gasteiger partial charge is 0.257 e. The number of nitrogens with one attached hydrogen (secondary N) is 1. The Morgan fingerprint density at radius 1 is 1.12 bits per heavy atom. The molecular formula is C24H25Cl2N3O2S2. The van der Waals surface area contributed by atoms with Crippen LogP contribution in [0.1, 0.15) is 48.5 Å². The zero-order chi connectivity index (χ0) is 23.5. The molecule has 0 atom stereocenters. The summed E-state index contributed by atoms with van der Waals surface area (Å²) < 4.78 is 6.49. The van der Waals surface area contributed by atoms with Gasteiger partial charge in [-0.15, -0.1) is 10.2 Å². The van der Waals surface area contributed by atoms with E-state index in [4.69, 9.17) is 27.9 Å². The van der Waals surface area contributed by atoms with Crippen LogP contribution in [-0.4, -0.2) is 28.5 Å². The van der Waals surface area contributed by atoms with Crippen molar-refractivity contribution in [2.24, 2.45) is 0 Å². The minimum Gasteiger partial charge on any atom is -0.490 e. The summed E-state index contributed by atoms with van der Waals surface area (Å²) in [6, 6.07) is 13.2. The number of amides is 1. The van der Waals surface area contributed by atoms with E-state index in [9.17, 15) is 4.79 Å². The van der Waals surface area contributed by atoms with Gasteiger partial charge in [-0.05, 0) is 24.1 Å². The van der Waals surface area contributed by atoms with E-state index in [1.807, 2.05) is 30.3 Å². The summed E-state index contributed by atoms with van der Waals surface area (Å²) in [4.78, 5) is 12.6. The molecule has 1 amide bonds. The second-order valence-corrected chi connectivity index (χ2v) is 10.2. The van der Waals surface area contributed by atoms with Crippen molar-refractivity contribution in [1.29, 1.82) is 0 Å². The van der Waals surface area contributed by atoms with Crippen LogP contribution >= 0.6 is 46.3 Å². The average molecular weight is 523 g/mol. The molecule has 5 nitrogen and oxygen atoms in total. The SMILES string of the molecule is CCCCCCOc1c(Cl)cc(C(=O)Nc2nnc(SC/C=C/c3ccccc3)s2)cc1Cl. The van der Waals surface area contributed by atoms with Crippen LogP contribution in [0.2, 0.25) is 10.0 Å². The molecule has 1 N–H and O–H groups in total. The van der Waals surface area contributed by atoms with Crippen molar-refractivity contribution in [3.8, 4) is 5.75 Å². The molecule has 3 aromatic rings. The molecule has 0 fully saturated rings. The molecular weight excluding hydrogens is 497 g/mol. The topological polar surface area (TPSA) is 64.1 Å². The molecule has 0 aliphatic carbocycles. The van der Waals surface area contributed by atoms with E-state index in [1.54, 1.807) is 23.9 Å². The van der Waals surface area contributed by atoms with E-state index in [1.165, 1.54) is 17.8 Å². The Balaban J connectivity index is 1.51. The van der Waals surface area contributed by atoms with Gasteiger partial charge >= 0.3 is 0 Å². The Kier molecular flexibility index (Phi) is 10.5. The summed E-state index contributed by atoms with van der Waals surface area (Å²) >= 11 is 15.5. The van der Waals surface area contributed by atoms with Crippen molar-refractivity contribution < 1.29 is 9.53 Å². The van der Waals surface area contributed by atoms with Gasteiger partial charge < -0.3 is 4.74 Å².